The summed E-state index contributed by atoms with van der Waals surface area (Å²) in [6.45, 7) is 2.20. The van der Waals surface area contributed by atoms with Gasteiger partial charge in [-0.3, -0.25) is 0 Å². The van der Waals surface area contributed by atoms with Gasteiger partial charge in [0.25, 0.3) is 0 Å². The molecule has 1 heterocycles. The van der Waals surface area contributed by atoms with Crippen LogP contribution >= 0.6 is 0 Å². The number of fused-ring (bicyclic) bond motifs is 2. The number of piperidine rings is 1. The molecule has 1 saturated carbocycles. The van der Waals surface area contributed by atoms with E-state index in [9.17, 15) is 0 Å². The van der Waals surface area contributed by atoms with Gasteiger partial charge in [0, 0.05) is 18.6 Å². The van der Waals surface area contributed by atoms with Crippen LogP contribution in [-0.4, -0.2) is 36.9 Å². The normalized spacial score (nSPS) is 41.7. The van der Waals surface area contributed by atoms with Crippen LogP contribution in [0.5, 0.6) is 0 Å². The van der Waals surface area contributed by atoms with Crippen molar-refractivity contribution in [3.63, 3.8) is 0 Å². The molecule has 0 aromatic carbocycles. The lowest BCUT2D eigenvalue weighted by Crippen LogP contribution is -2.42. The maximum absolute atomic E-state index is 8.62. The lowest BCUT2D eigenvalue weighted by molar-refractivity contribution is 0.269. The van der Waals surface area contributed by atoms with Crippen LogP contribution in [0.15, 0.2) is 0 Å². The second-order valence-electron chi connectivity index (χ2n) is 3.62. The Kier molecular flexibility index (Phi) is 2.11. The molecule has 1 saturated heterocycles. The summed E-state index contributed by atoms with van der Waals surface area (Å²) in [6, 6.07) is 1.43. The molecule has 3 unspecified atom stereocenters. The smallest absolute Gasteiger partial charge is 0.0556 e. The molecule has 2 aliphatic rings. The summed E-state index contributed by atoms with van der Waals surface area (Å²) in [5.41, 5.74) is 0. The molecule has 64 valence electrons. The van der Waals surface area contributed by atoms with E-state index in [0.717, 1.165) is 18.5 Å². The van der Waals surface area contributed by atoms with Crippen LogP contribution in [0.4, 0.5) is 0 Å². The van der Waals surface area contributed by atoms with E-state index in [1.165, 1.54) is 19.4 Å². The maximum Gasteiger partial charge on any atom is 0.0556 e. The van der Waals surface area contributed by atoms with Crippen molar-refractivity contribution in [3.8, 4) is 0 Å². The van der Waals surface area contributed by atoms with Crippen molar-refractivity contribution in [2.24, 2.45) is 5.92 Å². The predicted octanol–water partition coefficient (Wildman–Crippen LogP) is -0.681. The molecule has 0 spiro atoms. The third-order valence-corrected chi connectivity index (χ3v) is 2.88. The van der Waals surface area contributed by atoms with Gasteiger partial charge in [-0.05, 0) is 25.3 Å². The Hall–Kier alpha value is -0.120. The third kappa shape index (κ3) is 1.41. The van der Waals surface area contributed by atoms with Gasteiger partial charge in [-0.25, -0.2) is 0 Å². The fourth-order valence-corrected chi connectivity index (χ4v) is 2.34. The molecule has 0 radical (unpaired) electrons. The standard InChI is InChI=1S/C8H16N2O/c11-2-1-9-8-4-7-3-6(8)5-10-7/h6-11H,1-5H2. The summed E-state index contributed by atoms with van der Waals surface area (Å²) < 4.78 is 0. The van der Waals surface area contributed by atoms with E-state index in [2.05, 4.69) is 10.6 Å². The Bertz CT molecular complexity index is 140. The number of hydrogen-bond donors (Lipinski definition) is 3. The average Bonchev–Trinajstić information content (AvgIpc) is 2.60. The number of rotatable bonds is 3. The Morgan fingerprint density at radius 3 is 2.91 bits per heavy atom. The minimum atomic E-state index is 0.265. The highest BCUT2D eigenvalue weighted by molar-refractivity contribution is 4.98. The summed E-state index contributed by atoms with van der Waals surface area (Å²) in [5.74, 6) is 0.826. The highest BCUT2D eigenvalue weighted by Gasteiger charge is 2.38. The maximum atomic E-state index is 8.62. The molecular formula is C8H16N2O. The largest absolute Gasteiger partial charge is 0.395 e. The topological polar surface area (TPSA) is 44.3 Å². The van der Waals surface area contributed by atoms with Crippen molar-refractivity contribution in [2.75, 3.05) is 19.7 Å². The van der Waals surface area contributed by atoms with Crippen LogP contribution in [0.3, 0.4) is 0 Å². The van der Waals surface area contributed by atoms with E-state index in [-0.39, 0.29) is 6.61 Å². The fraction of sp³-hybridized carbons (Fsp3) is 1.00. The van der Waals surface area contributed by atoms with Crippen molar-refractivity contribution in [1.82, 2.24) is 10.6 Å². The minimum Gasteiger partial charge on any atom is -0.395 e. The van der Waals surface area contributed by atoms with Gasteiger partial charge in [-0.15, -0.1) is 0 Å². The van der Waals surface area contributed by atoms with Crippen molar-refractivity contribution >= 4 is 0 Å². The molecule has 3 heteroatoms. The monoisotopic (exact) mass is 156 g/mol. The van der Waals surface area contributed by atoms with Gasteiger partial charge in [0.15, 0.2) is 0 Å². The quantitative estimate of drug-likeness (QED) is 0.507. The van der Waals surface area contributed by atoms with Gasteiger partial charge in [-0.1, -0.05) is 0 Å². The Balaban J connectivity index is 1.78. The van der Waals surface area contributed by atoms with E-state index in [1.54, 1.807) is 0 Å². The van der Waals surface area contributed by atoms with E-state index in [1.807, 2.05) is 0 Å². The highest BCUT2D eigenvalue weighted by atomic mass is 16.3. The van der Waals surface area contributed by atoms with Gasteiger partial charge >= 0.3 is 0 Å². The Morgan fingerprint density at radius 1 is 1.45 bits per heavy atom. The summed E-state index contributed by atoms with van der Waals surface area (Å²) in [5, 5.41) is 15.5. The molecular weight excluding hydrogens is 140 g/mol. The van der Waals surface area contributed by atoms with Gasteiger partial charge < -0.3 is 15.7 Å². The summed E-state index contributed by atoms with van der Waals surface area (Å²) in [7, 11) is 0. The van der Waals surface area contributed by atoms with Gasteiger partial charge in [0.2, 0.25) is 0 Å². The number of hydrogen-bond acceptors (Lipinski definition) is 3. The van der Waals surface area contributed by atoms with Crippen LogP contribution in [0.25, 0.3) is 0 Å². The van der Waals surface area contributed by atoms with E-state index < -0.39 is 0 Å². The van der Waals surface area contributed by atoms with E-state index in [0.29, 0.717) is 6.04 Å². The molecule has 11 heavy (non-hydrogen) atoms. The first-order valence-corrected chi connectivity index (χ1v) is 4.48. The summed E-state index contributed by atoms with van der Waals surface area (Å²) in [4.78, 5) is 0. The first-order valence-electron chi connectivity index (χ1n) is 4.48. The van der Waals surface area contributed by atoms with E-state index in [4.69, 9.17) is 5.11 Å². The highest BCUT2D eigenvalue weighted by Crippen LogP contribution is 2.30. The average molecular weight is 156 g/mol. The molecule has 0 aromatic rings. The van der Waals surface area contributed by atoms with Crippen LogP contribution in [0.1, 0.15) is 12.8 Å². The predicted molar refractivity (Wildman–Crippen MR) is 43.4 cm³/mol. The van der Waals surface area contributed by atoms with Crippen molar-refractivity contribution in [3.05, 3.63) is 0 Å². The zero-order chi connectivity index (χ0) is 7.68. The lowest BCUT2D eigenvalue weighted by Gasteiger charge is -2.23. The molecule has 2 bridgehead atoms. The second-order valence-corrected chi connectivity index (χ2v) is 3.62. The number of nitrogens with one attached hydrogen (secondary N) is 2. The molecule has 0 amide bonds. The van der Waals surface area contributed by atoms with Crippen LogP contribution < -0.4 is 10.6 Å². The summed E-state index contributed by atoms with van der Waals surface area (Å²) >= 11 is 0. The van der Waals surface area contributed by atoms with Gasteiger partial charge in [-0.2, -0.15) is 0 Å². The van der Waals surface area contributed by atoms with Crippen LogP contribution in [0.2, 0.25) is 0 Å². The van der Waals surface area contributed by atoms with Crippen molar-refractivity contribution in [2.45, 2.75) is 24.9 Å². The molecule has 3 nitrogen and oxygen atoms in total. The Labute approximate surface area is 67.2 Å². The van der Waals surface area contributed by atoms with Gasteiger partial charge in [0.05, 0.1) is 6.61 Å². The van der Waals surface area contributed by atoms with Crippen molar-refractivity contribution in [1.29, 1.82) is 0 Å². The molecule has 1 aliphatic heterocycles. The molecule has 3 N–H and O–H groups in total. The molecule has 0 aromatic heterocycles. The SMILES string of the molecule is OCCNC1CC2CC1CN2. The molecule has 2 fully saturated rings. The first-order chi connectivity index (χ1) is 5.40. The molecule has 1 aliphatic carbocycles. The number of aliphatic hydroxyl groups is 1. The number of aliphatic hydroxyl groups excluding tert-OH is 1. The lowest BCUT2D eigenvalue weighted by atomic mass is 10.0. The zero-order valence-corrected chi connectivity index (χ0v) is 6.71. The van der Waals surface area contributed by atoms with Crippen LogP contribution in [0, 0.1) is 5.92 Å². The van der Waals surface area contributed by atoms with Crippen LogP contribution in [-0.2, 0) is 0 Å². The van der Waals surface area contributed by atoms with E-state index >= 15 is 0 Å². The second kappa shape index (κ2) is 3.09. The minimum absolute atomic E-state index is 0.265. The zero-order valence-electron chi connectivity index (χ0n) is 6.71. The Morgan fingerprint density at radius 2 is 2.36 bits per heavy atom. The summed E-state index contributed by atoms with van der Waals surface area (Å²) in [6.07, 6.45) is 2.59. The molecule has 3 atom stereocenters. The molecule has 2 rings (SSSR count). The third-order valence-electron chi connectivity index (χ3n) is 2.88. The van der Waals surface area contributed by atoms with Gasteiger partial charge in [0.1, 0.15) is 0 Å². The first kappa shape index (κ1) is 7.53. The van der Waals surface area contributed by atoms with Crippen molar-refractivity contribution < 1.29 is 5.11 Å². The fourth-order valence-electron chi connectivity index (χ4n) is 2.34.